The van der Waals surface area contributed by atoms with Crippen LogP contribution in [0.5, 0.6) is 0 Å². The van der Waals surface area contributed by atoms with Gasteiger partial charge in [-0.3, -0.25) is 20.3 Å². The van der Waals surface area contributed by atoms with Gasteiger partial charge in [-0.2, -0.15) is 15.1 Å². The van der Waals surface area contributed by atoms with E-state index in [4.69, 9.17) is 17.0 Å². The predicted octanol–water partition coefficient (Wildman–Crippen LogP) is 3.92. The van der Waals surface area contributed by atoms with Crippen LogP contribution in [0.2, 0.25) is 5.02 Å². The lowest BCUT2D eigenvalue weighted by molar-refractivity contribution is -0.384. The molecule has 2 heterocycles. The monoisotopic (exact) mass is 411 g/mol. The molecular weight excluding hydrogens is 402 g/mol. The number of fused-ring (bicyclic) bond motifs is 1. The third kappa shape index (κ3) is 3.21. The second kappa shape index (κ2) is 7.02. The highest BCUT2D eigenvalue weighted by Gasteiger charge is 2.36. The maximum absolute atomic E-state index is 12.4. The van der Waals surface area contributed by atoms with Crippen LogP contribution in [0, 0.1) is 15.5 Å². The van der Waals surface area contributed by atoms with Gasteiger partial charge in [0.25, 0.3) is 11.6 Å². The fraction of sp³-hybridized carbons (Fsp3) is 0. The van der Waals surface area contributed by atoms with Crippen molar-refractivity contribution in [1.82, 2.24) is 5.01 Å². The molecule has 0 aliphatic carbocycles. The van der Waals surface area contributed by atoms with Crippen molar-refractivity contribution in [2.75, 3.05) is 0 Å². The molecular formula is C18H10ClN5O3S. The Hall–Kier alpha value is -3.30. The number of hydrazone groups is 1. The number of non-ortho nitro benzene ring substituents is 1. The summed E-state index contributed by atoms with van der Waals surface area (Å²) in [4.78, 5) is 26.7. The molecule has 0 unspecified atom stereocenters. The third-order valence-electron chi connectivity index (χ3n) is 3.97. The molecule has 10 heteroatoms. The molecule has 0 atom stereocenters. The Morgan fingerprint density at radius 2 is 1.89 bits per heavy atom. The largest absolute Gasteiger partial charge is 0.283 e. The van der Waals surface area contributed by atoms with E-state index in [1.807, 2.05) is 6.07 Å². The minimum absolute atomic E-state index is 0.0439. The van der Waals surface area contributed by atoms with E-state index in [9.17, 15) is 14.9 Å². The van der Waals surface area contributed by atoms with Crippen molar-refractivity contribution in [2.45, 2.75) is 0 Å². The molecule has 4 rings (SSSR count). The number of nitrogens with zero attached hydrogens (tertiary/aromatic N) is 4. The Kier molecular flexibility index (Phi) is 4.54. The quantitative estimate of drug-likeness (QED) is 0.467. The number of amides is 1. The Labute approximate surface area is 167 Å². The SMILES string of the molecule is N=C1/C(=C/c2ccc([N+](=O)[O-])cc2)C(=O)N=C2SC(c3ccccc3Cl)=NN12. The maximum atomic E-state index is 12.4. The summed E-state index contributed by atoms with van der Waals surface area (Å²) in [5, 5.41) is 26.1. The van der Waals surface area contributed by atoms with Gasteiger partial charge in [-0.25, -0.2) is 0 Å². The van der Waals surface area contributed by atoms with Crippen LogP contribution in [0.15, 0.2) is 64.2 Å². The van der Waals surface area contributed by atoms with E-state index in [0.29, 0.717) is 21.2 Å². The van der Waals surface area contributed by atoms with E-state index >= 15 is 0 Å². The number of nitro benzene ring substituents is 1. The number of hydrogen-bond donors (Lipinski definition) is 1. The van der Waals surface area contributed by atoms with Crippen LogP contribution >= 0.6 is 23.4 Å². The van der Waals surface area contributed by atoms with E-state index in [-0.39, 0.29) is 22.3 Å². The van der Waals surface area contributed by atoms with E-state index in [1.165, 1.54) is 35.4 Å². The van der Waals surface area contributed by atoms with Gasteiger partial charge in [0.15, 0.2) is 5.84 Å². The highest BCUT2D eigenvalue weighted by atomic mass is 35.5. The van der Waals surface area contributed by atoms with Gasteiger partial charge in [-0.05, 0) is 41.6 Å². The number of amidine groups is 2. The number of nitrogens with one attached hydrogen (secondary N) is 1. The molecule has 0 saturated carbocycles. The Balaban J connectivity index is 1.67. The van der Waals surface area contributed by atoms with Crippen molar-refractivity contribution < 1.29 is 9.72 Å². The number of carbonyl (C=O) groups excluding carboxylic acids is 1. The summed E-state index contributed by atoms with van der Waals surface area (Å²) in [6, 6.07) is 12.8. The topological polar surface area (TPSA) is 112 Å². The first-order chi connectivity index (χ1) is 13.4. The van der Waals surface area contributed by atoms with Gasteiger partial charge in [0.2, 0.25) is 5.17 Å². The van der Waals surface area contributed by atoms with Crippen LogP contribution in [0.25, 0.3) is 6.08 Å². The van der Waals surface area contributed by atoms with Gasteiger partial charge >= 0.3 is 0 Å². The van der Waals surface area contributed by atoms with Crippen LogP contribution in [-0.2, 0) is 4.79 Å². The van der Waals surface area contributed by atoms with E-state index < -0.39 is 10.8 Å². The van der Waals surface area contributed by atoms with Crippen LogP contribution in [0.3, 0.4) is 0 Å². The summed E-state index contributed by atoms with van der Waals surface area (Å²) >= 11 is 7.37. The fourth-order valence-corrected chi connectivity index (χ4v) is 3.81. The van der Waals surface area contributed by atoms with Crippen molar-refractivity contribution in [1.29, 1.82) is 5.41 Å². The molecule has 2 aromatic carbocycles. The number of nitro groups is 1. The summed E-state index contributed by atoms with van der Waals surface area (Å²) < 4.78 is 0. The predicted molar refractivity (Wildman–Crippen MR) is 109 cm³/mol. The summed E-state index contributed by atoms with van der Waals surface area (Å²) in [6.45, 7) is 0. The molecule has 0 spiro atoms. The average Bonchev–Trinajstić information content (AvgIpc) is 3.09. The van der Waals surface area contributed by atoms with Crippen LogP contribution < -0.4 is 0 Å². The molecule has 0 bridgehead atoms. The normalized spacial score (nSPS) is 17.5. The molecule has 2 aliphatic rings. The Morgan fingerprint density at radius 3 is 2.57 bits per heavy atom. The van der Waals surface area contributed by atoms with Crippen molar-refractivity contribution in [3.8, 4) is 0 Å². The summed E-state index contributed by atoms with van der Waals surface area (Å²) in [5.74, 6) is -0.694. The number of aliphatic imine (C=N–C) groups is 1. The number of halogens is 1. The fourth-order valence-electron chi connectivity index (χ4n) is 2.59. The zero-order valence-corrected chi connectivity index (χ0v) is 15.6. The lowest BCUT2D eigenvalue weighted by atomic mass is 10.1. The molecule has 1 N–H and O–H groups in total. The molecule has 0 fully saturated rings. The summed E-state index contributed by atoms with van der Waals surface area (Å²) in [6.07, 6.45) is 1.46. The minimum atomic E-state index is -0.572. The van der Waals surface area contributed by atoms with E-state index in [0.717, 1.165) is 11.8 Å². The van der Waals surface area contributed by atoms with Crippen LogP contribution in [-0.4, -0.2) is 31.9 Å². The van der Waals surface area contributed by atoms with Gasteiger partial charge in [-0.15, -0.1) is 0 Å². The zero-order chi connectivity index (χ0) is 19.8. The van der Waals surface area contributed by atoms with Crippen LogP contribution in [0.4, 0.5) is 5.69 Å². The van der Waals surface area contributed by atoms with Crippen LogP contribution in [0.1, 0.15) is 11.1 Å². The molecule has 138 valence electrons. The molecule has 1 amide bonds. The van der Waals surface area contributed by atoms with Gasteiger partial charge in [-0.1, -0.05) is 29.8 Å². The van der Waals surface area contributed by atoms with Gasteiger partial charge in [0.1, 0.15) is 5.04 Å². The third-order valence-corrected chi connectivity index (χ3v) is 5.24. The molecule has 28 heavy (non-hydrogen) atoms. The van der Waals surface area contributed by atoms with E-state index in [2.05, 4.69) is 10.1 Å². The molecule has 0 aromatic heterocycles. The minimum Gasteiger partial charge on any atom is -0.282 e. The zero-order valence-electron chi connectivity index (χ0n) is 14.0. The van der Waals surface area contributed by atoms with Crippen molar-refractivity contribution in [2.24, 2.45) is 10.1 Å². The lowest BCUT2D eigenvalue weighted by Gasteiger charge is -2.20. The van der Waals surface area contributed by atoms with Crippen molar-refractivity contribution >= 4 is 57.1 Å². The number of benzene rings is 2. The summed E-state index contributed by atoms with van der Waals surface area (Å²) in [5.41, 5.74) is 1.21. The van der Waals surface area contributed by atoms with Crippen molar-refractivity contribution in [3.05, 3.63) is 80.4 Å². The van der Waals surface area contributed by atoms with Gasteiger partial charge in [0.05, 0.1) is 15.5 Å². The standard InChI is InChI=1S/C18H10ClN5O3S/c19-14-4-2-1-3-12(14)17-22-23-15(20)13(16(25)21-18(23)28-17)9-10-5-7-11(8-6-10)24(26)27/h1-9,20H/b13-9-,20-15?. The molecule has 0 radical (unpaired) electrons. The second-order valence-corrected chi connectivity index (χ2v) is 7.12. The van der Waals surface area contributed by atoms with E-state index in [1.54, 1.807) is 18.2 Å². The molecule has 2 aromatic rings. The summed E-state index contributed by atoms with van der Waals surface area (Å²) in [7, 11) is 0. The first-order valence-corrected chi connectivity index (χ1v) is 9.13. The highest BCUT2D eigenvalue weighted by Crippen LogP contribution is 2.33. The van der Waals surface area contributed by atoms with Gasteiger partial charge < -0.3 is 0 Å². The lowest BCUT2D eigenvalue weighted by Crippen LogP contribution is -2.35. The molecule has 8 nitrogen and oxygen atoms in total. The number of rotatable bonds is 3. The average molecular weight is 412 g/mol. The smallest absolute Gasteiger partial charge is 0.282 e. The Bertz CT molecular complexity index is 1120. The number of carbonyl (C=O) groups is 1. The Morgan fingerprint density at radius 1 is 1.18 bits per heavy atom. The van der Waals surface area contributed by atoms with Gasteiger partial charge in [0, 0.05) is 17.7 Å². The molecule has 2 aliphatic heterocycles. The first kappa shape index (κ1) is 18.1. The second-order valence-electron chi connectivity index (χ2n) is 5.75. The van der Waals surface area contributed by atoms with Crippen molar-refractivity contribution in [3.63, 3.8) is 0 Å². The maximum Gasteiger partial charge on any atom is 0.283 e. The first-order valence-electron chi connectivity index (χ1n) is 7.93. The highest BCUT2D eigenvalue weighted by molar-refractivity contribution is 8.27. The molecule has 0 saturated heterocycles. The number of hydrogen-bond acceptors (Lipinski definition) is 6. The number of thioether (sulfide) groups is 1.